The molecule has 12 aromatic rings. The van der Waals surface area contributed by atoms with Crippen LogP contribution in [0.3, 0.4) is 0 Å². The van der Waals surface area contributed by atoms with Gasteiger partial charge in [-0.1, -0.05) is 375 Å². The van der Waals surface area contributed by atoms with Gasteiger partial charge in [-0.2, -0.15) is 0 Å². The van der Waals surface area contributed by atoms with E-state index < -0.39 is 31.7 Å². The van der Waals surface area contributed by atoms with Gasteiger partial charge < -0.3 is 25.3 Å². The summed E-state index contributed by atoms with van der Waals surface area (Å²) in [6.45, 7) is 0. The number of nitrogens with zero attached hydrogens (tertiary/aromatic N) is 2. The van der Waals surface area contributed by atoms with E-state index in [-0.39, 0.29) is 44.8 Å². The fraction of sp³-hybridized carbons (Fsp3) is 0. The Morgan fingerprint density at radius 1 is 0.167 bits per heavy atom. The van der Waals surface area contributed by atoms with Gasteiger partial charge >= 0.3 is 44.8 Å². The number of hydrogen-bond donors (Lipinski definition) is 0. The van der Waals surface area contributed by atoms with E-state index in [1.54, 1.807) is 0 Å². The zero-order valence-corrected chi connectivity index (χ0v) is 53.9. The Kier molecular flexibility index (Phi) is 32.8. The third-order valence-corrected chi connectivity index (χ3v) is 21.9. The van der Waals surface area contributed by atoms with Crippen LogP contribution in [0.15, 0.2) is 364 Å². The van der Waals surface area contributed by atoms with Crippen molar-refractivity contribution in [2.45, 2.75) is 0 Å². The van der Waals surface area contributed by atoms with Gasteiger partial charge in [-0.3, -0.25) is 0 Å². The maximum Gasteiger partial charge on any atom is 1.00 e. The van der Waals surface area contributed by atoms with Crippen LogP contribution in [0.4, 0.5) is 0 Å². The standard InChI is InChI=1S/4C18H15P.2CHNS.2Ag/c4*1-4-10-16(11-5-1)19(17-12-6-2-7-13-17)18-14-8-3-9-15-18;2*2-1-3;;/h4*1-15H;2*3H;;/q;;;;;;2*+1/p-2. The number of nitriles is 2. The average molecular weight is 1380 g/mol. The summed E-state index contributed by atoms with van der Waals surface area (Å²) in [4.78, 5) is 0. The van der Waals surface area contributed by atoms with E-state index in [1.165, 1.54) is 74.5 Å². The zero-order valence-electron chi connectivity index (χ0n) is 45.7. The Balaban J connectivity index is 0.000000197. The van der Waals surface area contributed by atoms with Gasteiger partial charge in [0.2, 0.25) is 0 Å². The maximum atomic E-state index is 7.13. The molecule has 0 aliphatic carbocycles. The topological polar surface area (TPSA) is 47.6 Å². The molecule has 0 amide bonds. The Bertz CT molecular complexity index is 2800. The quantitative estimate of drug-likeness (QED) is 0.0529. The summed E-state index contributed by atoms with van der Waals surface area (Å²) in [5, 5.41) is 33.7. The van der Waals surface area contributed by atoms with E-state index in [4.69, 9.17) is 10.5 Å². The van der Waals surface area contributed by atoms with E-state index in [0.717, 1.165) is 0 Å². The molecule has 420 valence electrons. The van der Waals surface area contributed by atoms with Crippen molar-refractivity contribution in [1.29, 1.82) is 10.5 Å². The van der Waals surface area contributed by atoms with Crippen molar-refractivity contribution < 1.29 is 44.8 Å². The number of benzene rings is 12. The Labute approximate surface area is 545 Å². The van der Waals surface area contributed by atoms with Crippen molar-refractivity contribution in [3.63, 3.8) is 0 Å². The fourth-order valence-corrected chi connectivity index (χ4v) is 17.9. The first-order valence-electron chi connectivity index (χ1n) is 26.5. The molecule has 0 saturated heterocycles. The molecule has 0 radical (unpaired) electrons. The van der Waals surface area contributed by atoms with Crippen molar-refractivity contribution in [3.8, 4) is 10.8 Å². The van der Waals surface area contributed by atoms with Crippen molar-refractivity contribution in [3.05, 3.63) is 364 Å². The summed E-state index contributed by atoms with van der Waals surface area (Å²) in [7, 11) is -1.78. The first-order chi connectivity index (χ1) is 40.6. The van der Waals surface area contributed by atoms with Crippen LogP contribution in [0.25, 0.3) is 0 Å². The normalized spacial score (nSPS) is 9.74. The van der Waals surface area contributed by atoms with E-state index >= 15 is 0 Å². The second-order valence-electron chi connectivity index (χ2n) is 17.6. The van der Waals surface area contributed by atoms with Crippen molar-refractivity contribution >= 4 is 121 Å². The van der Waals surface area contributed by atoms with Gasteiger partial charge in [0.25, 0.3) is 0 Å². The van der Waals surface area contributed by atoms with Gasteiger partial charge in [-0.25, -0.2) is 10.5 Å². The molecule has 0 unspecified atom stereocenters. The summed E-state index contributed by atoms with van der Waals surface area (Å²) in [5.41, 5.74) is 0. The van der Waals surface area contributed by atoms with Crippen LogP contribution in [-0.2, 0) is 70.0 Å². The van der Waals surface area contributed by atoms with E-state index in [1.807, 2.05) is 0 Å². The minimum absolute atomic E-state index is 0. The smallest absolute Gasteiger partial charge is 0.696 e. The number of thiocyanates is 2. The zero-order chi connectivity index (χ0) is 57.1. The third-order valence-electron chi connectivity index (χ3n) is 12.2. The van der Waals surface area contributed by atoms with E-state index in [9.17, 15) is 0 Å². The SMILES string of the molecule is N#C[S-].N#C[S-].[Ag+].[Ag+].c1ccc(P(c2ccccc2)c2ccccc2)cc1.c1ccc(P(c2ccccc2)c2ccccc2)cc1.c1ccc(P(c2ccccc2)c2ccccc2)cc1.c1ccc(P(c2ccccc2)c2ccccc2)cc1. The van der Waals surface area contributed by atoms with Crippen LogP contribution in [-0.4, -0.2) is 0 Å². The molecule has 0 saturated carbocycles. The first kappa shape index (κ1) is 68.0. The molecule has 0 aliphatic heterocycles. The molecule has 2 nitrogen and oxygen atoms in total. The van der Waals surface area contributed by atoms with Crippen LogP contribution < -0.4 is 63.7 Å². The van der Waals surface area contributed by atoms with Gasteiger partial charge in [0, 0.05) is 0 Å². The predicted molar refractivity (Wildman–Crippen MR) is 367 cm³/mol. The largest absolute Gasteiger partial charge is 1.00 e. The summed E-state index contributed by atoms with van der Waals surface area (Å²) in [6.07, 6.45) is 0. The molecule has 10 heteroatoms. The molecule has 0 heterocycles. The molecule has 0 N–H and O–H groups in total. The molecule has 0 atom stereocenters. The van der Waals surface area contributed by atoms with Crippen LogP contribution in [0.1, 0.15) is 0 Å². The van der Waals surface area contributed by atoms with Crippen LogP contribution in [0.2, 0.25) is 0 Å². The summed E-state index contributed by atoms with van der Waals surface area (Å²) < 4.78 is 0. The van der Waals surface area contributed by atoms with Crippen LogP contribution in [0, 0.1) is 21.3 Å². The predicted octanol–water partition coefficient (Wildman–Crippen LogP) is 13.8. The number of rotatable bonds is 12. The van der Waals surface area contributed by atoms with Gasteiger partial charge in [0.05, 0.1) is 0 Å². The molecule has 12 aromatic carbocycles. The van der Waals surface area contributed by atoms with Gasteiger partial charge in [0.15, 0.2) is 0 Å². The molecule has 0 fully saturated rings. The molecule has 0 spiro atoms. The fourth-order valence-electron chi connectivity index (χ4n) is 8.71. The number of hydrogen-bond acceptors (Lipinski definition) is 4. The first-order valence-corrected chi connectivity index (χ1v) is 32.7. The second kappa shape index (κ2) is 40.5. The van der Waals surface area contributed by atoms with E-state index in [2.05, 4.69) is 389 Å². The second-order valence-corrected chi connectivity index (χ2v) is 26.8. The third kappa shape index (κ3) is 22.0. The van der Waals surface area contributed by atoms with Crippen molar-refractivity contribution in [1.82, 2.24) is 0 Å². The Hall–Kier alpha value is -6.74. The van der Waals surface area contributed by atoms with Crippen LogP contribution >= 0.6 is 31.7 Å². The van der Waals surface area contributed by atoms with Crippen LogP contribution in [0.5, 0.6) is 0 Å². The monoisotopic (exact) mass is 1380 g/mol. The maximum absolute atomic E-state index is 7.13. The van der Waals surface area contributed by atoms with Gasteiger partial charge in [-0.15, -0.1) is 0 Å². The summed E-state index contributed by atoms with van der Waals surface area (Å²) >= 11 is 7.40. The van der Waals surface area contributed by atoms with Gasteiger partial charge in [0.1, 0.15) is 0 Å². The Morgan fingerprint density at radius 2 is 0.226 bits per heavy atom. The molecule has 84 heavy (non-hydrogen) atoms. The van der Waals surface area contributed by atoms with E-state index in [0.29, 0.717) is 0 Å². The summed E-state index contributed by atoms with van der Waals surface area (Å²) in [5.74, 6) is 0. The van der Waals surface area contributed by atoms with Crippen molar-refractivity contribution in [2.75, 3.05) is 0 Å². The van der Waals surface area contributed by atoms with Gasteiger partial charge in [-0.05, 0) is 95.3 Å². The van der Waals surface area contributed by atoms with Crippen molar-refractivity contribution in [2.24, 2.45) is 0 Å². The molecule has 0 bridgehead atoms. The molecular formula is C74H60Ag2N2P4S2. The molecule has 0 aromatic heterocycles. The minimum atomic E-state index is -0.446. The molecule has 0 aliphatic rings. The minimum Gasteiger partial charge on any atom is -0.696 e. The average Bonchev–Trinajstić information content (AvgIpc) is 3.74. The molecular weight excluding hydrogens is 1320 g/mol. The molecule has 12 rings (SSSR count). The summed E-state index contributed by atoms with van der Waals surface area (Å²) in [6, 6.07) is 129. The Morgan fingerprint density at radius 3 is 0.286 bits per heavy atom.